The highest BCUT2D eigenvalue weighted by Crippen LogP contribution is 2.33. The van der Waals surface area contributed by atoms with Gasteiger partial charge in [-0.25, -0.2) is 0 Å². The Kier molecular flexibility index (Phi) is 6.07. The molecule has 1 aliphatic rings. The molecule has 0 radical (unpaired) electrons. The van der Waals surface area contributed by atoms with Crippen molar-refractivity contribution in [2.24, 2.45) is 0 Å². The van der Waals surface area contributed by atoms with Gasteiger partial charge in [0.1, 0.15) is 5.58 Å². The minimum atomic E-state index is -0.829. The minimum Gasteiger partial charge on any atom is -0.473 e. The molecule has 2 aromatic carbocycles. The fraction of sp³-hybridized carbons (Fsp3) is 0.385. The highest BCUT2D eigenvalue weighted by molar-refractivity contribution is 5.84. The summed E-state index contributed by atoms with van der Waals surface area (Å²) in [6.07, 6.45) is -0.829. The zero-order valence-corrected chi connectivity index (χ0v) is 19.0. The fourth-order valence-electron chi connectivity index (χ4n) is 3.81. The van der Waals surface area contributed by atoms with E-state index in [-0.39, 0.29) is 22.5 Å². The third-order valence-corrected chi connectivity index (χ3v) is 5.73. The van der Waals surface area contributed by atoms with E-state index in [0.29, 0.717) is 43.0 Å². The number of carbonyl (C=O) groups excluding carboxylic acids is 1. The summed E-state index contributed by atoms with van der Waals surface area (Å²) in [6, 6.07) is 15.0. The third kappa shape index (κ3) is 4.41. The average Bonchev–Trinajstić information content (AvgIpc) is 2.80. The van der Waals surface area contributed by atoms with Gasteiger partial charge in [-0.2, -0.15) is 0 Å². The Balaban J connectivity index is 1.75. The van der Waals surface area contributed by atoms with Gasteiger partial charge in [0.25, 0.3) is 5.91 Å². The van der Waals surface area contributed by atoms with E-state index >= 15 is 0 Å². The Morgan fingerprint density at radius 3 is 2.34 bits per heavy atom. The Morgan fingerprint density at radius 1 is 1.03 bits per heavy atom. The largest absolute Gasteiger partial charge is 0.473 e. The average molecular weight is 436 g/mol. The second-order valence-corrected chi connectivity index (χ2v) is 9.11. The quantitative estimate of drug-likeness (QED) is 0.608. The first-order valence-electron chi connectivity index (χ1n) is 11.0. The van der Waals surface area contributed by atoms with E-state index in [2.05, 4.69) is 20.8 Å². The number of benzene rings is 2. The number of morpholine rings is 1. The molecule has 0 spiro atoms. The van der Waals surface area contributed by atoms with Crippen LogP contribution in [-0.2, 0) is 14.9 Å². The molecule has 1 atom stereocenters. The first-order valence-corrected chi connectivity index (χ1v) is 11.0. The summed E-state index contributed by atoms with van der Waals surface area (Å²) in [7, 11) is 0. The summed E-state index contributed by atoms with van der Waals surface area (Å²) in [5, 5.41) is 0.420. The molecule has 4 rings (SSSR count). The van der Waals surface area contributed by atoms with Gasteiger partial charge in [-0.05, 0) is 30.0 Å². The van der Waals surface area contributed by atoms with Gasteiger partial charge in [-0.1, -0.05) is 57.2 Å². The van der Waals surface area contributed by atoms with Gasteiger partial charge < -0.3 is 18.8 Å². The third-order valence-electron chi connectivity index (χ3n) is 5.73. The van der Waals surface area contributed by atoms with Crippen molar-refractivity contribution < 1.29 is 18.7 Å². The number of hydrogen-bond donors (Lipinski definition) is 0. The van der Waals surface area contributed by atoms with Crippen LogP contribution in [0.5, 0.6) is 5.75 Å². The van der Waals surface area contributed by atoms with E-state index in [0.717, 1.165) is 5.56 Å². The predicted molar refractivity (Wildman–Crippen MR) is 124 cm³/mol. The minimum absolute atomic E-state index is 0.00116. The number of para-hydroxylation sites is 1. The zero-order valence-electron chi connectivity index (χ0n) is 19.0. The standard InChI is InChI=1S/C26H29NO5/c1-17(25(29)27-13-15-30-16-14-27)31-24-22(28)20-7-5-6-8-21(20)32-23(24)18-9-11-19(12-10-18)26(2,3)4/h5-12,17H,13-16H2,1-4H3. The Bertz CT molecular complexity index is 1170. The molecule has 0 aliphatic carbocycles. The van der Waals surface area contributed by atoms with Crippen LogP contribution in [0.1, 0.15) is 33.3 Å². The summed E-state index contributed by atoms with van der Waals surface area (Å²) >= 11 is 0. The van der Waals surface area contributed by atoms with Crippen molar-refractivity contribution in [2.45, 2.75) is 39.2 Å². The number of fused-ring (bicyclic) bond motifs is 1. The molecule has 1 fully saturated rings. The van der Waals surface area contributed by atoms with Gasteiger partial charge in [0, 0.05) is 18.7 Å². The smallest absolute Gasteiger partial charge is 0.263 e. The van der Waals surface area contributed by atoms with E-state index in [1.54, 1.807) is 30.0 Å². The molecule has 0 N–H and O–H groups in total. The lowest BCUT2D eigenvalue weighted by atomic mass is 9.86. The van der Waals surface area contributed by atoms with E-state index in [1.165, 1.54) is 5.56 Å². The summed E-state index contributed by atoms with van der Waals surface area (Å²) < 4.78 is 17.5. The number of hydrogen-bond acceptors (Lipinski definition) is 5. The Labute approximate surface area is 187 Å². The molecule has 3 aromatic rings. The predicted octanol–water partition coefficient (Wildman–Crippen LogP) is 4.38. The van der Waals surface area contributed by atoms with E-state index in [4.69, 9.17) is 13.9 Å². The van der Waals surface area contributed by atoms with Crippen molar-refractivity contribution in [2.75, 3.05) is 26.3 Å². The van der Waals surface area contributed by atoms with Gasteiger partial charge in [-0.3, -0.25) is 9.59 Å². The lowest BCUT2D eigenvalue weighted by Gasteiger charge is -2.29. The van der Waals surface area contributed by atoms with Crippen molar-refractivity contribution in [3.8, 4) is 17.1 Å². The second-order valence-electron chi connectivity index (χ2n) is 9.11. The molecule has 1 aliphatic heterocycles. The number of amides is 1. The van der Waals surface area contributed by atoms with Crippen LogP contribution in [-0.4, -0.2) is 43.2 Å². The van der Waals surface area contributed by atoms with Gasteiger partial charge in [0.05, 0.1) is 18.6 Å². The molecular formula is C26H29NO5. The molecule has 0 saturated carbocycles. The lowest BCUT2D eigenvalue weighted by Crippen LogP contribution is -2.46. The summed E-state index contributed by atoms with van der Waals surface area (Å²) in [5.74, 6) is 0.215. The lowest BCUT2D eigenvalue weighted by molar-refractivity contribution is -0.142. The number of ether oxygens (including phenoxy) is 2. The molecule has 1 saturated heterocycles. The normalized spacial score (nSPS) is 15.6. The van der Waals surface area contributed by atoms with Crippen LogP contribution in [0.3, 0.4) is 0 Å². The molecule has 1 aromatic heterocycles. The highest BCUT2D eigenvalue weighted by Gasteiger charge is 2.27. The summed E-state index contributed by atoms with van der Waals surface area (Å²) in [4.78, 5) is 27.9. The first-order chi connectivity index (χ1) is 15.3. The van der Waals surface area contributed by atoms with Crippen molar-refractivity contribution in [3.63, 3.8) is 0 Å². The monoisotopic (exact) mass is 435 g/mol. The van der Waals surface area contributed by atoms with Crippen LogP contribution in [0.25, 0.3) is 22.3 Å². The second kappa shape index (κ2) is 8.79. The molecule has 168 valence electrons. The Hall–Kier alpha value is -3.12. The van der Waals surface area contributed by atoms with Crippen molar-refractivity contribution >= 4 is 16.9 Å². The van der Waals surface area contributed by atoms with Crippen molar-refractivity contribution in [1.29, 1.82) is 0 Å². The maximum Gasteiger partial charge on any atom is 0.263 e. The van der Waals surface area contributed by atoms with Crippen LogP contribution in [0.15, 0.2) is 57.7 Å². The molecule has 6 heteroatoms. The van der Waals surface area contributed by atoms with Crippen molar-refractivity contribution in [3.05, 3.63) is 64.3 Å². The van der Waals surface area contributed by atoms with Crippen LogP contribution >= 0.6 is 0 Å². The van der Waals surface area contributed by atoms with Crippen LogP contribution in [0.4, 0.5) is 0 Å². The molecule has 32 heavy (non-hydrogen) atoms. The molecule has 0 bridgehead atoms. The maximum atomic E-state index is 13.4. The highest BCUT2D eigenvalue weighted by atomic mass is 16.5. The summed E-state index contributed by atoms with van der Waals surface area (Å²) in [6.45, 7) is 10.1. The van der Waals surface area contributed by atoms with E-state index in [1.807, 2.05) is 30.3 Å². The zero-order chi connectivity index (χ0) is 22.9. The van der Waals surface area contributed by atoms with Gasteiger partial charge in [-0.15, -0.1) is 0 Å². The molecular weight excluding hydrogens is 406 g/mol. The van der Waals surface area contributed by atoms with Gasteiger partial charge in [0.2, 0.25) is 11.2 Å². The topological polar surface area (TPSA) is 69.0 Å². The van der Waals surface area contributed by atoms with E-state index in [9.17, 15) is 9.59 Å². The van der Waals surface area contributed by atoms with Crippen LogP contribution in [0.2, 0.25) is 0 Å². The van der Waals surface area contributed by atoms with Crippen LogP contribution < -0.4 is 10.2 Å². The first kappa shape index (κ1) is 22.1. The Morgan fingerprint density at radius 2 is 1.69 bits per heavy atom. The SMILES string of the molecule is CC(Oc1c(-c2ccc(C(C)(C)C)cc2)oc2ccccc2c1=O)C(=O)N1CCOCC1. The van der Waals surface area contributed by atoms with E-state index < -0.39 is 6.10 Å². The van der Waals surface area contributed by atoms with Gasteiger partial charge >= 0.3 is 0 Å². The molecule has 1 unspecified atom stereocenters. The van der Waals surface area contributed by atoms with Crippen molar-refractivity contribution in [1.82, 2.24) is 4.90 Å². The molecule has 6 nitrogen and oxygen atoms in total. The number of rotatable bonds is 4. The number of carbonyl (C=O) groups is 1. The molecule has 1 amide bonds. The van der Waals surface area contributed by atoms with Gasteiger partial charge in [0.15, 0.2) is 11.9 Å². The fourth-order valence-corrected chi connectivity index (χ4v) is 3.81. The molecule has 2 heterocycles. The number of nitrogens with zero attached hydrogens (tertiary/aromatic N) is 1. The van der Waals surface area contributed by atoms with Crippen LogP contribution in [0, 0.1) is 0 Å². The maximum absolute atomic E-state index is 13.4. The summed E-state index contributed by atoms with van der Waals surface area (Å²) in [5.41, 5.74) is 2.08.